The van der Waals surface area contributed by atoms with Crippen molar-refractivity contribution in [3.05, 3.63) is 70.8 Å². The number of hydrogen-bond donors (Lipinski definition) is 3. The molecular formula is C36H41N4O2+. The number of nitrogens with zero attached hydrogens (tertiary/aromatic N) is 1. The molecule has 1 spiro atoms. The Kier molecular flexibility index (Phi) is 5.21. The largest absolute Gasteiger partial charge is 0.379 e. The normalized spacial score (nSPS) is 41.1. The van der Waals surface area contributed by atoms with Crippen molar-refractivity contribution in [2.45, 2.75) is 88.1 Å². The Labute approximate surface area is 247 Å². The lowest BCUT2D eigenvalue weighted by Gasteiger charge is -2.56. The summed E-state index contributed by atoms with van der Waals surface area (Å²) in [6.45, 7) is 0. The van der Waals surface area contributed by atoms with Gasteiger partial charge in [0.1, 0.15) is 0 Å². The van der Waals surface area contributed by atoms with E-state index in [-0.39, 0.29) is 22.9 Å². The van der Waals surface area contributed by atoms with Crippen LogP contribution in [-0.2, 0) is 0 Å². The number of nitrogens with one attached hydrogen (secondary N) is 3. The number of hydrogen-bond acceptors (Lipinski definition) is 3. The van der Waals surface area contributed by atoms with Crippen LogP contribution in [0.4, 0.5) is 0 Å². The Morgan fingerprint density at radius 2 is 1.10 bits per heavy atom. The molecule has 5 atom stereocenters. The second-order valence-electron chi connectivity index (χ2n) is 15.8. The van der Waals surface area contributed by atoms with Crippen LogP contribution in [0, 0.1) is 46.5 Å². The molecule has 10 rings (SSSR count). The van der Waals surface area contributed by atoms with Crippen molar-refractivity contribution in [1.29, 1.82) is 5.53 Å². The van der Waals surface area contributed by atoms with Crippen LogP contribution in [-0.4, -0.2) is 33.4 Å². The lowest BCUT2D eigenvalue weighted by molar-refractivity contribution is -0.117. The molecule has 2 aromatic rings. The summed E-state index contributed by atoms with van der Waals surface area (Å²) in [5.41, 5.74) is 11.9. The van der Waals surface area contributed by atoms with Crippen LogP contribution < -0.4 is 10.6 Å². The minimum atomic E-state index is -0.0118. The summed E-state index contributed by atoms with van der Waals surface area (Å²) in [4.78, 5) is 30.5. The molecule has 0 saturated heterocycles. The van der Waals surface area contributed by atoms with Crippen LogP contribution in [0.3, 0.4) is 0 Å². The minimum absolute atomic E-state index is 0.00782. The molecule has 3 N–H and O–H groups in total. The highest BCUT2D eigenvalue weighted by Gasteiger charge is 2.71. The number of carbonyl (C=O) groups excluding carboxylic acids is 2. The first-order chi connectivity index (χ1) is 20.3. The molecule has 8 fully saturated rings. The SMILES string of the molecule is N=[N+]=C(c1ccc(C(=O)NC23CC4CC(CC(C4)C2)C3)cc1)c1ccc(C(=O)NC23CC4CC5CC(C2)C5(C4)C3)cc1. The van der Waals surface area contributed by atoms with E-state index in [1.807, 2.05) is 48.5 Å². The van der Waals surface area contributed by atoms with Gasteiger partial charge in [-0.3, -0.25) is 9.59 Å². The van der Waals surface area contributed by atoms with Crippen molar-refractivity contribution < 1.29 is 14.4 Å². The summed E-state index contributed by atoms with van der Waals surface area (Å²) in [6, 6.07) is 15.0. The van der Waals surface area contributed by atoms with E-state index < -0.39 is 0 Å². The van der Waals surface area contributed by atoms with Gasteiger partial charge in [0.15, 0.2) is 0 Å². The first-order valence-electron chi connectivity index (χ1n) is 16.4. The third-order valence-electron chi connectivity index (χ3n) is 13.2. The minimum Gasteiger partial charge on any atom is -0.347 e. The van der Waals surface area contributed by atoms with E-state index >= 15 is 0 Å². The zero-order valence-corrected chi connectivity index (χ0v) is 24.3. The molecule has 0 aliphatic heterocycles. The molecule has 0 aromatic heterocycles. The Hall–Kier alpha value is -3.24. The summed E-state index contributed by atoms with van der Waals surface area (Å²) >= 11 is 0. The van der Waals surface area contributed by atoms with E-state index in [1.165, 1.54) is 44.9 Å². The van der Waals surface area contributed by atoms with Crippen molar-refractivity contribution in [1.82, 2.24) is 10.6 Å². The fraction of sp³-hybridized carbons (Fsp3) is 0.583. The van der Waals surface area contributed by atoms with Gasteiger partial charge in [0.2, 0.25) is 0 Å². The molecule has 8 aliphatic carbocycles. The zero-order valence-electron chi connectivity index (χ0n) is 24.3. The standard InChI is InChI=1S/C36H40N4O2/c37-40-31(25-1-5-27(6-2-25)32(41)38-34-14-21-9-22(15-34)11-23(10-21)16-34)26-3-7-28(8-4-26)33(42)39-35-17-24-12-29-13-30(19-35)36(29,18-24)20-35/h1-8,21-24,29-30,37H,9-20H2,(H-,38,39,41,42)/p+1. The summed E-state index contributed by atoms with van der Waals surface area (Å²) < 4.78 is 0. The maximum atomic E-state index is 13.4. The van der Waals surface area contributed by atoms with Gasteiger partial charge in [0.05, 0.1) is 21.4 Å². The molecule has 5 unspecified atom stereocenters. The van der Waals surface area contributed by atoms with Crippen LogP contribution in [0.5, 0.6) is 0 Å². The van der Waals surface area contributed by atoms with Crippen LogP contribution in [0.25, 0.3) is 0 Å². The van der Waals surface area contributed by atoms with Crippen molar-refractivity contribution >= 4 is 17.5 Å². The molecule has 0 radical (unpaired) electrons. The number of amides is 2. The summed E-state index contributed by atoms with van der Waals surface area (Å²) in [5, 5.41) is 6.97. The molecule has 2 amide bonds. The van der Waals surface area contributed by atoms with Crippen LogP contribution >= 0.6 is 0 Å². The molecule has 6 nitrogen and oxygen atoms in total. The molecule has 216 valence electrons. The van der Waals surface area contributed by atoms with Crippen LogP contribution in [0.2, 0.25) is 0 Å². The number of fused-ring (bicyclic) bond motifs is 2. The fourth-order valence-corrected chi connectivity index (χ4v) is 12.2. The van der Waals surface area contributed by atoms with Gasteiger partial charge in [-0.25, -0.2) is 0 Å². The Balaban J connectivity index is 0.875. The smallest absolute Gasteiger partial charge is 0.347 e. The summed E-state index contributed by atoms with van der Waals surface area (Å²) in [5.74, 6) is 4.93. The van der Waals surface area contributed by atoms with Crippen molar-refractivity contribution in [3.63, 3.8) is 0 Å². The van der Waals surface area contributed by atoms with Crippen molar-refractivity contribution in [2.75, 3.05) is 0 Å². The van der Waals surface area contributed by atoms with Gasteiger partial charge in [-0.2, -0.15) is 0 Å². The van der Waals surface area contributed by atoms with E-state index in [1.54, 1.807) is 0 Å². The number of rotatable bonds is 6. The van der Waals surface area contributed by atoms with Gasteiger partial charge in [-0.15, -0.1) is 0 Å². The quantitative estimate of drug-likeness (QED) is 0.224. The summed E-state index contributed by atoms with van der Waals surface area (Å²) in [7, 11) is 0. The topological polar surface area (TPSA) is 96.2 Å². The monoisotopic (exact) mass is 561 g/mol. The van der Waals surface area contributed by atoms with E-state index in [4.69, 9.17) is 5.53 Å². The van der Waals surface area contributed by atoms with Gasteiger partial charge < -0.3 is 10.6 Å². The molecule has 8 aliphatic rings. The first kappa shape index (κ1) is 25.3. The van der Waals surface area contributed by atoms with Gasteiger partial charge >= 0.3 is 5.71 Å². The molecule has 42 heavy (non-hydrogen) atoms. The highest BCUT2D eigenvalue weighted by Crippen LogP contribution is 2.76. The Bertz CT molecular complexity index is 1500. The van der Waals surface area contributed by atoms with Gasteiger partial charge in [0, 0.05) is 22.2 Å². The predicted molar refractivity (Wildman–Crippen MR) is 158 cm³/mol. The van der Waals surface area contributed by atoms with Gasteiger partial charge in [-0.1, -0.05) is 0 Å². The lowest BCUT2D eigenvalue weighted by Crippen LogP contribution is -2.59. The third-order valence-corrected chi connectivity index (χ3v) is 13.2. The molecular weight excluding hydrogens is 520 g/mol. The van der Waals surface area contributed by atoms with E-state index in [9.17, 15) is 9.59 Å². The van der Waals surface area contributed by atoms with E-state index in [2.05, 4.69) is 15.4 Å². The molecule has 6 heteroatoms. The summed E-state index contributed by atoms with van der Waals surface area (Å²) in [6.07, 6.45) is 15.1. The van der Waals surface area contributed by atoms with Gasteiger partial charge in [0.25, 0.3) is 11.8 Å². The van der Waals surface area contributed by atoms with Crippen molar-refractivity contribution in [3.8, 4) is 0 Å². The maximum Gasteiger partial charge on any atom is 0.379 e. The Morgan fingerprint density at radius 3 is 1.64 bits per heavy atom. The third kappa shape index (κ3) is 3.70. The van der Waals surface area contributed by atoms with Gasteiger partial charge in [-0.05, 0) is 167 Å². The van der Waals surface area contributed by atoms with Crippen LogP contribution in [0.15, 0.2) is 48.5 Å². The molecule has 7 bridgehead atoms. The Morgan fingerprint density at radius 1 is 0.595 bits per heavy atom. The predicted octanol–water partition coefficient (Wildman–Crippen LogP) is 6.16. The molecule has 0 heterocycles. The average Bonchev–Trinajstić information content (AvgIpc) is 3.27. The van der Waals surface area contributed by atoms with Crippen molar-refractivity contribution in [2.24, 2.45) is 40.9 Å². The zero-order chi connectivity index (χ0) is 28.3. The average molecular weight is 562 g/mol. The highest BCUT2D eigenvalue weighted by atomic mass is 16.2. The number of benzene rings is 2. The maximum absolute atomic E-state index is 13.4. The first-order valence-corrected chi connectivity index (χ1v) is 16.4. The number of carbonyl (C=O) groups is 2. The fourth-order valence-electron chi connectivity index (χ4n) is 12.2. The van der Waals surface area contributed by atoms with Crippen LogP contribution in [0.1, 0.15) is 109 Å². The second kappa shape index (κ2) is 8.66. The second-order valence-corrected chi connectivity index (χ2v) is 15.8. The molecule has 8 saturated carbocycles. The lowest BCUT2D eigenvalue weighted by atomic mass is 9.53. The van der Waals surface area contributed by atoms with E-state index in [0.29, 0.717) is 22.3 Å². The van der Waals surface area contributed by atoms with E-state index in [0.717, 1.165) is 78.7 Å². The highest BCUT2D eigenvalue weighted by molar-refractivity contribution is 6.10. The molecule has 2 aromatic carbocycles.